The fourth-order valence-electron chi connectivity index (χ4n) is 3.88. The third-order valence-corrected chi connectivity index (χ3v) is 7.39. The lowest BCUT2D eigenvalue weighted by molar-refractivity contribution is 0.0995. The molecule has 5 rings (SSSR count). The van der Waals surface area contributed by atoms with Gasteiger partial charge < -0.3 is 8.98 Å². The maximum atomic E-state index is 13.1. The quantitative estimate of drug-likeness (QED) is 0.517. The van der Waals surface area contributed by atoms with E-state index in [0.29, 0.717) is 29.6 Å². The highest BCUT2D eigenvalue weighted by molar-refractivity contribution is 7.89. The molecule has 1 N–H and O–H groups in total. The van der Waals surface area contributed by atoms with Crippen molar-refractivity contribution in [2.45, 2.75) is 24.2 Å². The average Bonchev–Trinajstić information content (AvgIpc) is 3.42. The molecule has 10 nitrogen and oxygen atoms in total. The zero-order valence-electron chi connectivity index (χ0n) is 16.8. The Morgan fingerprint density at radius 3 is 2.68 bits per heavy atom. The molecule has 1 aromatic carbocycles. The number of rotatable bonds is 4. The van der Waals surface area contributed by atoms with Crippen molar-refractivity contribution >= 4 is 43.9 Å². The van der Waals surface area contributed by atoms with Gasteiger partial charge in [0, 0.05) is 25.5 Å². The van der Waals surface area contributed by atoms with E-state index >= 15 is 0 Å². The molecule has 4 heterocycles. The van der Waals surface area contributed by atoms with Crippen LogP contribution in [0.15, 0.2) is 45.9 Å². The standard InChI is InChI=1S/C20H20N6O4S/c1-25-15-8-7-13(31(28,29)26-9-3-2-4-10-26)12-14(15)17-18(25)21-20(24-23-17)22-19(27)16-6-5-11-30-16/h5-8,11-12H,2-4,9-10H2,1H3,(H,21,22,24,27). The van der Waals surface area contributed by atoms with Crippen molar-refractivity contribution in [1.82, 2.24) is 24.1 Å². The lowest BCUT2D eigenvalue weighted by Gasteiger charge is -2.25. The van der Waals surface area contributed by atoms with Crippen LogP contribution in [0, 0.1) is 0 Å². The summed E-state index contributed by atoms with van der Waals surface area (Å²) in [5.74, 6) is -0.325. The number of fused-ring (bicyclic) bond motifs is 3. The van der Waals surface area contributed by atoms with Crippen molar-refractivity contribution in [1.29, 1.82) is 0 Å². The van der Waals surface area contributed by atoms with Crippen LogP contribution in [0.5, 0.6) is 0 Å². The third kappa shape index (κ3) is 3.35. The lowest BCUT2D eigenvalue weighted by Crippen LogP contribution is -2.35. The van der Waals surface area contributed by atoms with E-state index in [-0.39, 0.29) is 16.6 Å². The normalized spacial score (nSPS) is 15.5. The van der Waals surface area contributed by atoms with Crippen LogP contribution in [0.2, 0.25) is 0 Å². The number of carbonyl (C=O) groups excluding carboxylic acids is 1. The molecule has 4 aromatic rings. The van der Waals surface area contributed by atoms with Crippen LogP contribution >= 0.6 is 0 Å². The van der Waals surface area contributed by atoms with Gasteiger partial charge in [-0.2, -0.15) is 9.29 Å². The Morgan fingerprint density at radius 2 is 1.94 bits per heavy atom. The van der Waals surface area contributed by atoms with Crippen LogP contribution in [0.4, 0.5) is 5.95 Å². The summed E-state index contributed by atoms with van der Waals surface area (Å²) in [5, 5.41) is 11.4. The van der Waals surface area contributed by atoms with Crippen LogP contribution in [-0.4, -0.2) is 51.5 Å². The predicted molar refractivity (Wildman–Crippen MR) is 113 cm³/mol. The van der Waals surface area contributed by atoms with Crippen molar-refractivity contribution in [3.63, 3.8) is 0 Å². The SMILES string of the molecule is Cn1c2ccc(S(=O)(=O)N3CCCCC3)cc2c2nnc(NC(=O)c3ccco3)nc21. The minimum Gasteiger partial charge on any atom is -0.459 e. The summed E-state index contributed by atoms with van der Waals surface area (Å²) in [4.78, 5) is 16.8. The van der Waals surface area contributed by atoms with Gasteiger partial charge in [-0.3, -0.25) is 10.1 Å². The molecule has 0 unspecified atom stereocenters. The van der Waals surface area contributed by atoms with Crippen molar-refractivity contribution < 1.29 is 17.6 Å². The number of aromatic nitrogens is 4. The summed E-state index contributed by atoms with van der Waals surface area (Å²) in [6, 6.07) is 8.12. The van der Waals surface area contributed by atoms with E-state index in [2.05, 4.69) is 20.5 Å². The maximum Gasteiger partial charge on any atom is 0.293 e. The van der Waals surface area contributed by atoms with Crippen molar-refractivity contribution in [3.05, 3.63) is 42.4 Å². The molecular weight excluding hydrogens is 420 g/mol. The van der Waals surface area contributed by atoms with Gasteiger partial charge in [0.05, 0.1) is 16.7 Å². The van der Waals surface area contributed by atoms with Crippen molar-refractivity contribution in [2.24, 2.45) is 7.05 Å². The number of piperidine rings is 1. The Balaban J connectivity index is 1.54. The molecule has 1 amide bonds. The number of carbonyl (C=O) groups is 1. The molecule has 0 aliphatic carbocycles. The van der Waals surface area contributed by atoms with E-state index in [9.17, 15) is 13.2 Å². The van der Waals surface area contributed by atoms with Crippen LogP contribution in [0.3, 0.4) is 0 Å². The summed E-state index contributed by atoms with van der Waals surface area (Å²) >= 11 is 0. The van der Waals surface area contributed by atoms with Crippen LogP contribution in [0.1, 0.15) is 29.8 Å². The first-order valence-corrected chi connectivity index (χ1v) is 11.4. The third-order valence-electron chi connectivity index (χ3n) is 5.49. The molecule has 0 saturated carbocycles. The molecule has 1 fully saturated rings. The molecule has 160 valence electrons. The van der Waals surface area contributed by atoms with Gasteiger partial charge >= 0.3 is 0 Å². The molecule has 0 spiro atoms. The van der Waals surface area contributed by atoms with Crippen LogP contribution in [0.25, 0.3) is 22.1 Å². The second kappa shape index (κ2) is 7.43. The molecule has 1 aliphatic rings. The molecule has 1 aliphatic heterocycles. The highest BCUT2D eigenvalue weighted by atomic mass is 32.2. The highest BCUT2D eigenvalue weighted by Crippen LogP contribution is 2.29. The van der Waals surface area contributed by atoms with E-state index in [1.54, 1.807) is 35.9 Å². The smallest absolute Gasteiger partial charge is 0.293 e. The van der Waals surface area contributed by atoms with E-state index < -0.39 is 15.9 Å². The molecule has 0 radical (unpaired) electrons. The van der Waals surface area contributed by atoms with E-state index in [4.69, 9.17) is 4.42 Å². The van der Waals surface area contributed by atoms with Crippen molar-refractivity contribution in [2.75, 3.05) is 18.4 Å². The number of hydrogen-bond acceptors (Lipinski definition) is 7. The number of aryl methyl sites for hydroxylation is 1. The predicted octanol–water partition coefficient (Wildman–Crippen LogP) is 2.54. The number of anilines is 1. The number of sulfonamides is 1. The Bertz CT molecular complexity index is 1390. The van der Waals surface area contributed by atoms with Crippen LogP contribution < -0.4 is 5.32 Å². The number of hydrogen-bond donors (Lipinski definition) is 1. The van der Waals surface area contributed by atoms with Gasteiger partial charge in [-0.15, -0.1) is 10.2 Å². The Kier molecular flexibility index (Phi) is 4.71. The van der Waals surface area contributed by atoms with Gasteiger partial charge in [-0.25, -0.2) is 8.42 Å². The average molecular weight is 440 g/mol. The molecule has 11 heteroatoms. The number of furan rings is 1. The summed E-state index contributed by atoms with van der Waals surface area (Å²) in [5.41, 5.74) is 1.71. The first-order valence-electron chi connectivity index (χ1n) is 9.93. The first kappa shape index (κ1) is 19.6. The summed E-state index contributed by atoms with van der Waals surface area (Å²) in [6.07, 6.45) is 4.19. The monoisotopic (exact) mass is 440 g/mol. The zero-order chi connectivity index (χ0) is 21.6. The van der Waals surface area contributed by atoms with E-state index in [1.165, 1.54) is 16.6 Å². The number of benzene rings is 1. The van der Waals surface area contributed by atoms with Gasteiger partial charge in [-0.1, -0.05) is 6.42 Å². The summed E-state index contributed by atoms with van der Waals surface area (Å²) < 4.78 is 34.5. The van der Waals surface area contributed by atoms with Gasteiger partial charge in [0.25, 0.3) is 11.9 Å². The van der Waals surface area contributed by atoms with Crippen molar-refractivity contribution in [3.8, 4) is 0 Å². The summed E-state index contributed by atoms with van der Waals surface area (Å²) in [6.45, 7) is 1.08. The molecule has 0 atom stereocenters. The second-order valence-electron chi connectivity index (χ2n) is 7.44. The Morgan fingerprint density at radius 1 is 1.13 bits per heavy atom. The second-order valence-corrected chi connectivity index (χ2v) is 9.38. The number of nitrogens with one attached hydrogen (secondary N) is 1. The van der Waals surface area contributed by atoms with Gasteiger partial charge in [0.1, 0.15) is 5.52 Å². The lowest BCUT2D eigenvalue weighted by atomic mass is 10.2. The maximum absolute atomic E-state index is 13.1. The Labute approximate surface area is 177 Å². The largest absolute Gasteiger partial charge is 0.459 e. The minimum atomic E-state index is -3.57. The molecule has 31 heavy (non-hydrogen) atoms. The fraction of sp³-hybridized carbons (Fsp3) is 0.300. The van der Waals surface area contributed by atoms with E-state index in [1.807, 2.05) is 0 Å². The summed E-state index contributed by atoms with van der Waals surface area (Å²) in [7, 11) is -1.77. The van der Waals surface area contributed by atoms with E-state index in [0.717, 1.165) is 24.8 Å². The Hall–Kier alpha value is -3.31. The topological polar surface area (TPSA) is 123 Å². The molecule has 0 bridgehead atoms. The van der Waals surface area contributed by atoms with Gasteiger partial charge in [-0.05, 0) is 43.2 Å². The fourth-order valence-corrected chi connectivity index (χ4v) is 5.42. The molecule has 1 saturated heterocycles. The first-order chi connectivity index (χ1) is 14.9. The minimum absolute atomic E-state index is 0.0287. The van der Waals surface area contributed by atoms with Crippen LogP contribution in [-0.2, 0) is 17.1 Å². The van der Waals surface area contributed by atoms with Gasteiger partial charge in [0.2, 0.25) is 10.0 Å². The number of nitrogens with zero attached hydrogens (tertiary/aromatic N) is 5. The zero-order valence-corrected chi connectivity index (χ0v) is 17.6. The molecule has 3 aromatic heterocycles. The molecular formula is C20H20N6O4S. The highest BCUT2D eigenvalue weighted by Gasteiger charge is 2.27. The number of amides is 1. The van der Waals surface area contributed by atoms with Gasteiger partial charge in [0.15, 0.2) is 11.4 Å².